The Bertz CT molecular complexity index is 473. The van der Waals surface area contributed by atoms with Gasteiger partial charge in [-0.2, -0.15) is 0 Å². The van der Waals surface area contributed by atoms with Gasteiger partial charge in [-0.05, 0) is 12.0 Å². The second-order valence-corrected chi connectivity index (χ2v) is 6.15. The number of aromatic nitrogens is 2. The molecular weight excluding hydrogens is 417 g/mol. The van der Waals surface area contributed by atoms with Crippen LogP contribution in [0.5, 0.6) is 0 Å². The number of aliphatic imine (C=N–C) groups is 1. The van der Waals surface area contributed by atoms with Crippen LogP contribution in [-0.2, 0) is 0 Å². The lowest BCUT2D eigenvalue weighted by molar-refractivity contribution is 0.260. The Kier molecular flexibility index (Phi) is 9.92. The molecule has 2 rings (SSSR count). The van der Waals surface area contributed by atoms with Crippen LogP contribution in [0, 0.1) is 5.92 Å². The zero-order valence-corrected chi connectivity index (χ0v) is 17.2. The number of halogens is 1. The molecule has 0 unspecified atom stereocenters. The van der Waals surface area contributed by atoms with Gasteiger partial charge in [-0.3, -0.25) is 9.89 Å². The molecule has 0 aliphatic carbocycles. The van der Waals surface area contributed by atoms with Crippen LogP contribution < -0.4 is 15.5 Å². The van der Waals surface area contributed by atoms with Gasteiger partial charge in [0.2, 0.25) is 5.95 Å². The highest BCUT2D eigenvalue weighted by Gasteiger charge is 2.18. The zero-order valence-electron chi connectivity index (χ0n) is 14.9. The second-order valence-electron chi connectivity index (χ2n) is 6.15. The fourth-order valence-electron chi connectivity index (χ4n) is 2.48. The van der Waals surface area contributed by atoms with Gasteiger partial charge in [-0.15, -0.1) is 24.0 Å². The van der Waals surface area contributed by atoms with E-state index in [0.29, 0.717) is 5.92 Å². The molecule has 0 saturated carbocycles. The summed E-state index contributed by atoms with van der Waals surface area (Å²) in [6, 6.07) is 1.85. The molecule has 7 nitrogen and oxygen atoms in total. The van der Waals surface area contributed by atoms with E-state index in [1.54, 1.807) is 12.4 Å². The average molecular weight is 447 g/mol. The number of rotatable bonds is 6. The molecule has 1 saturated heterocycles. The summed E-state index contributed by atoms with van der Waals surface area (Å²) in [5.74, 6) is 2.33. The number of guanidine groups is 1. The van der Waals surface area contributed by atoms with Gasteiger partial charge in [0.25, 0.3) is 0 Å². The van der Waals surface area contributed by atoms with E-state index in [1.807, 2.05) is 13.1 Å². The molecule has 136 valence electrons. The molecule has 8 heteroatoms. The quantitative estimate of drug-likeness (QED) is 0.386. The van der Waals surface area contributed by atoms with E-state index in [-0.39, 0.29) is 24.0 Å². The van der Waals surface area contributed by atoms with Crippen LogP contribution in [0.25, 0.3) is 0 Å². The van der Waals surface area contributed by atoms with Crippen molar-refractivity contribution in [2.45, 2.75) is 13.8 Å². The summed E-state index contributed by atoms with van der Waals surface area (Å²) in [6.45, 7) is 11.3. The highest BCUT2D eigenvalue weighted by molar-refractivity contribution is 14.0. The van der Waals surface area contributed by atoms with Crippen LogP contribution in [0.2, 0.25) is 0 Å². The van der Waals surface area contributed by atoms with E-state index in [1.165, 1.54) is 0 Å². The highest BCUT2D eigenvalue weighted by atomic mass is 127. The summed E-state index contributed by atoms with van der Waals surface area (Å²) in [5.41, 5.74) is 0. The fraction of sp³-hybridized carbons (Fsp3) is 0.688. The van der Waals surface area contributed by atoms with Crippen molar-refractivity contribution in [1.82, 2.24) is 25.5 Å². The summed E-state index contributed by atoms with van der Waals surface area (Å²) in [5, 5.41) is 6.70. The van der Waals surface area contributed by atoms with Crippen LogP contribution in [0.4, 0.5) is 5.95 Å². The third-order valence-electron chi connectivity index (χ3n) is 3.83. The van der Waals surface area contributed by atoms with E-state index in [4.69, 9.17) is 0 Å². The van der Waals surface area contributed by atoms with E-state index in [0.717, 1.165) is 57.7 Å². The molecule has 0 amide bonds. The monoisotopic (exact) mass is 447 g/mol. The number of hydrogen-bond donors (Lipinski definition) is 2. The lowest BCUT2D eigenvalue weighted by atomic mass is 10.2. The SMILES string of the molecule is CN=C(NCCN1CCN(c2ncccn2)CC1)NCC(C)C.I. The zero-order chi connectivity index (χ0) is 16.5. The largest absolute Gasteiger partial charge is 0.356 e. The fourth-order valence-corrected chi connectivity index (χ4v) is 2.48. The Morgan fingerprint density at radius 2 is 1.83 bits per heavy atom. The first-order valence-corrected chi connectivity index (χ1v) is 8.38. The Morgan fingerprint density at radius 1 is 1.17 bits per heavy atom. The lowest BCUT2D eigenvalue weighted by Crippen LogP contribution is -2.49. The Hall–Kier alpha value is -1.16. The predicted molar refractivity (Wildman–Crippen MR) is 110 cm³/mol. The van der Waals surface area contributed by atoms with Crippen molar-refractivity contribution in [2.24, 2.45) is 10.9 Å². The van der Waals surface area contributed by atoms with Gasteiger partial charge in [0.15, 0.2) is 5.96 Å². The maximum atomic E-state index is 4.32. The average Bonchev–Trinajstić information content (AvgIpc) is 2.59. The minimum absolute atomic E-state index is 0. The molecule has 1 aliphatic rings. The second kappa shape index (κ2) is 11.4. The van der Waals surface area contributed by atoms with Gasteiger partial charge in [-0.25, -0.2) is 9.97 Å². The third-order valence-corrected chi connectivity index (χ3v) is 3.83. The van der Waals surface area contributed by atoms with Crippen LogP contribution in [0.3, 0.4) is 0 Å². The molecule has 0 spiro atoms. The maximum absolute atomic E-state index is 4.32. The van der Waals surface area contributed by atoms with Gasteiger partial charge in [0.05, 0.1) is 0 Å². The van der Waals surface area contributed by atoms with E-state index < -0.39 is 0 Å². The number of hydrogen-bond acceptors (Lipinski definition) is 5. The van der Waals surface area contributed by atoms with Crippen LogP contribution in [0.15, 0.2) is 23.5 Å². The smallest absolute Gasteiger partial charge is 0.225 e. The Labute approximate surface area is 162 Å². The molecule has 0 bridgehead atoms. The molecule has 1 fully saturated rings. The normalized spacial score (nSPS) is 16.0. The van der Waals surface area contributed by atoms with E-state index >= 15 is 0 Å². The first kappa shape index (κ1) is 20.9. The first-order chi connectivity index (χ1) is 11.2. The molecule has 2 heterocycles. The van der Waals surface area contributed by atoms with Gasteiger partial charge < -0.3 is 15.5 Å². The minimum Gasteiger partial charge on any atom is -0.356 e. The number of anilines is 1. The molecular formula is C16H30IN7. The van der Waals surface area contributed by atoms with Crippen molar-refractivity contribution >= 4 is 35.9 Å². The van der Waals surface area contributed by atoms with Crippen molar-refractivity contribution in [2.75, 3.05) is 57.8 Å². The van der Waals surface area contributed by atoms with E-state index in [9.17, 15) is 0 Å². The Morgan fingerprint density at radius 3 is 2.42 bits per heavy atom. The predicted octanol–water partition coefficient (Wildman–Crippen LogP) is 1.04. The van der Waals surface area contributed by atoms with Crippen molar-refractivity contribution in [3.63, 3.8) is 0 Å². The van der Waals surface area contributed by atoms with Crippen LogP contribution >= 0.6 is 24.0 Å². The lowest BCUT2D eigenvalue weighted by Gasteiger charge is -2.34. The molecule has 1 aliphatic heterocycles. The number of nitrogens with one attached hydrogen (secondary N) is 2. The third kappa shape index (κ3) is 7.16. The van der Waals surface area contributed by atoms with Crippen molar-refractivity contribution in [3.8, 4) is 0 Å². The molecule has 0 atom stereocenters. The summed E-state index contributed by atoms with van der Waals surface area (Å²) < 4.78 is 0. The van der Waals surface area contributed by atoms with Crippen molar-refractivity contribution in [3.05, 3.63) is 18.5 Å². The molecule has 0 aromatic carbocycles. The molecule has 2 N–H and O–H groups in total. The summed E-state index contributed by atoms with van der Waals surface area (Å²) in [4.78, 5) is 17.6. The summed E-state index contributed by atoms with van der Waals surface area (Å²) in [6.07, 6.45) is 3.60. The van der Waals surface area contributed by atoms with E-state index in [2.05, 4.69) is 49.2 Å². The standard InChI is InChI=1S/C16H29N7.HI/c1-14(2)13-21-15(17-3)18-7-8-22-9-11-23(12-10-22)16-19-5-4-6-20-16;/h4-6,14H,7-13H2,1-3H3,(H2,17,18,21);1H. The van der Waals surface area contributed by atoms with Crippen LogP contribution in [-0.4, -0.2) is 73.7 Å². The minimum atomic E-state index is 0. The molecule has 24 heavy (non-hydrogen) atoms. The van der Waals surface area contributed by atoms with Crippen molar-refractivity contribution in [1.29, 1.82) is 0 Å². The topological polar surface area (TPSA) is 68.7 Å². The van der Waals surface area contributed by atoms with Gasteiger partial charge in [0.1, 0.15) is 0 Å². The first-order valence-electron chi connectivity index (χ1n) is 8.38. The maximum Gasteiger partial charge on any atom is 0.225 e. The molecule has 0 radical (unpaired) electrons. The molecule has 1 aromatic heterocycles. The molecule has 1 aromatic rings. The number of nitrogens with zero attached hydrogens (tertiary/aromatic N) is 5. The Balaban J connectivity index is 0.00000288. The van der Waals surface area contributed by atoms with Crippen LogP contribution in [0.1, 0.15) is 13.8 Å². The van der Waals surface area contributed by atoms with Gasteiger partial charge >= 0.3 is 0 Å². The van der Waals surface area contributed by atoms with Gasteiger partial charge in [-0.1, -0.05) is 13.8 Å². The number of piperazine rings is 1. The van der Waals surface area contributed by atoms with Crippen molar-refractivity contribution < 1.29 is 0 Å². The summed E-state index contributed by atoms with van der Waals surface area (Å²) in [7, 11) is 1.81. The van der Waals surface area contributed by atoms with Gasteiger partial charge in [0, 0.05) is 65.3 Å². The highest BCUT2D eigenvalue weighted by Crippen LogP contribution is 2.08. The summed E-state index contributed by atoms with van der Waals surface area (Å²) >= 11 is 0.